The van der Waals surface area contributed by atoms with Crippen LogP contribution in [-0.4, -0.2) is 14.8 Å². The number of halogens is 2. The number of aromatic nitrogens is 3. The van der Waals surface area contributed by atoms with Crippen molar-refractivity contribution in [3.8, 4) is 0 Å². The van der Waals surface area contributed by atoms with Gasteiger partial charge in [-0.3, -0.25) is 0 Å². The Morgan fingerprint density at radius 3 is 3.00 bits per heavy atom. The van der Waals surface area contributed by atoms with Gasteiger partial charge in [-0.25, -0.2) is 14.1 Å². The smallest absolute Gasteiger partial charge is 0.146 e. The molecule has 0 radical (unpaired) electrons. The van der Waals surface area contributed by atoms with Crippen LogP contribution in [0.2, 0.25) is 5.02 Å². The lowest BCUT2D eigenvalue weighted by atomic mass is 10.3. The number of nitrogens with zero attached hydrogens (tertiary/aromatic N) is 3. The van der Waals surface area contributed by atoms with Gasteiger partial charge in [-0.2, -0.15) is 5.10 Å². The van der Waals surface area contributed by atoms with E-state index in [1.807, 2.05) is 6.92 Å². The van der Waals surface area contributed by atoms with Crippen LogP contribution in [0.25, 0.3) is 0 Å². The first-order valence-corrected chi connectivity index (χ1v) is 5.64. The molecule has 0 aliphatic carbocycles. The molecule has 0 atom stereocenters. The quantitative estimate of drug-likeness (QED) is 0.912. The number of benzene rings is 1. The summed E-state index contributed by atoms with van der Waals surface area (Å²) >= 11 is 5.60. The third-order valence-corrected chi connectivity index (χ3v) is 2.67. The molecule has 0 bridgehead atoms. The molecule has 1 aromatic heterocycles. The van der Waals surface area contributed by atoms with Gasteiger partial charge in [-0.05, 0) is 25.1 Å². The third-order valence-electron chi connectivity index (χ3n) is 2.37. The fourth-order valence-corrected chi connectivity index (χ4v) is 1.59. The summed E-state index contributed by atoms with van der Waals surface area (Å²) in [7, 11) is 0. The van der Waals surface area contributed by atoms with Crippen LogP contribution in [0.5, 0.6) is 0 Å². The maximum atomic E-state index is 13.2. The third kappa shape index (κ3) is 2.74. The summed E-state index contributed by atoms with van der Waals surface area (Å²) in [6.07, 6.45) is 1.50. The van der Waals surface area contributed by atoms with Crippen molar-refractivity contribution in [3.63, 3.8) is 0 Å². The summed E-state index contributed by atoms with van der Waals surface area (Å²) in [5, 5.41) is 7.23. The van der Waals surface area contributed by atoms with E-state index < -0.39 is 5.82 Å². The molecule has 2 aromatic rings. The molecule has 0 saturated carbocycles. The Morgan fingerprint density at radius 2 is 2.29 bits per heavy atom. The molecule has 2 rings (SSSR count). The maximum Gasteiger partial charge on any atom is 0.146 e. The van der Waals surface area contributed by atoms with Gasteiger partial charge < -0.3 is 5.32 Å². The van der Waals surface area contributed by atoms with Crippen molar-refractivity contribution in [2.24, 2.45) is 0 Å². The van der Waals surface area contributed by atoms with Crippen LogP contribution in [0, 0.1) is 5.82 Å². The molecule has 90 valence electrons. The lowest BCUT2D eigenvalue weighted by Gasteiger charge is -2.07. The summed E-state index contributed by atoms with van der Waals surface area (Å²) in [6, 6.07) is 4.59. The Bertz CT molecular complexity index is 512. The summed E-state index contributed by atoms with van der Waals surface area (Å²) in [4.78, 5) is 4.11. The van der Waals surface area contributed by atoms with Gasteiger partial charge in [0.15, 0.2) is 0 Å². The van der Waals surface area contributed by atoms with E-state index in [1.165, 1.54) is 18.5 Å². The van der Waals surface area contributed by atoms with E-state index in [0.717, 1.165) is 12.4 Å². The van der Waals surface area contributed by atoms with Crippen LogP contribution in [0.15, 0.2) is 24.5 Å². The number of hydrogen-bond acceptors (Lipinski definition) is 3. The van der Waals surface area contributed by atoms with Gasteiger partial charge in [0, 0.05) is 12.2 Å². The lowest BCUT2D eigenvalue weighted by Crippen LogP contribution is -2.09. The predicted molar refractivity (Wildman–Crippen MR) is 64.4 cm³/mol. The molecular formula is C11H12ClFN4. The molecule has 0 unspecified atom stereocenters. The SMILES string of the molecule is CCn1ncnc1CNc1ccc(Cl)c(F)c1. The van der Waals surface area contributed by atoms with E-state index in [2.05, 4.69) is 15.4 Å². The minimum absolute atomic E-state index is 0.118. The first kappa shape index (κ1) is 11.9. The van der Waals surface area contributed by atoms with E-state index in [-0.39, 0.29) is 5.02 Å². The number of hydrogen-bond donors (Lipinski definition) is 1. The van der Waals surface area contributed by atoms with Crippen molar-refractivity contribution in [2.75, 3.05) is 5.32 Å². The summed E-state index contributed by atoms with van der Waals surface area (Å²) in [6.45, 7) is 3.24. The van der Waals surface area contributed by atoms with Crippen LogP contribution in [-0.2, 0) is 13.1 Å². The van der Waals surface area contributed by atoms with Crippen molar-refractivity contribution in [1.29, 1.82) is 0 Å². The molecule has 0 amide bonds. The zero-order valence-electron chi connectivity index (χ0n) is 9.32. The Balaban J connectivity index is 2.05. The molecular weight excluding hydrogens is 243 g/mol. The monoisotopic (exact) mass is 254 g/mol. The minimum Gasteiger partial charge on any atom is -0.378 e. The van der Waals surface area contributed by atoms with Gasteiger partial charge in [0.25, 0.3) is 0 Å². The highest BCUT2D eigenvalue weighted by Crippen LogP contribution is 2.18. The largest absolute Gasteiger partial charge is 0.378 e. The molecule has 6 heteroatoms. The van der Waals surface area contributed by atoms with E-state index in [9.17, 15) is 4.39 Å². The number of nitrogens with one attached hydrogen (secondary N) is 1. The fourth-order valence-electron chi connectivity index (χ4n) is 1.48. The molecule has 4 nitrogen and oxygen atoms in total. The molecule has 0 fully saturated rings. The van der Waals surface area contributed by atoms with Crippen LogP contribution >= 0.6 is 11.6 Å². The Labute approximate surface area is 103 Å². The highest BCUT2D eigenvalue weighted by molar-refractivity contribution is 6.30. The van der Waals surface area contributed by atoms with Gasteiger partial charge in [0.05, 0.1) is 11.6 Å². The molecule has 0 aliphatic rings. The van der Waals surface area contributed by atoms with Crippen LogP contribution in [0.1, 0.15) is 12.7 Å². The summed E-state index contributed by atoms with van der Waals surface area (Å²) < 4.78 is 15.0. The first-order chi connectivity index (χ1) is 8.20. The molecule has 0 saturated heterocycles. The second kappa shape index (κ2) is 5.14. The standard InChI is InChI=1S/C11H12ClFN4/c1-2-17-11(15-7-16-17)6-14-8-3-4-9(12)10(13)5-8/h3-5,7,14H,2,6H2,1H3. The Hall–Kier alpha value is -1.62. The zero-order chi connectivity index (χ0) is 12.3. The molecule has 0 spiro atoms. The van der Waals surface area contributed by atoms with Crippen molar-refractivity contribution in [2.45, 2.75) is 20.0 Å². The molecule has 1 aromatic carbocycles. The normalized spacial score (nSPS) is 10.5. The summed E-state index contributed by atoms with van der Waals surface area (Å²) in [5.41, 5.74) is 0.664. The number of rotatable bonds is 4. The van der Waals surface area contributed by atoms with Crippen LogP contribution in [0.4, 0.5) is 10.1 Å². The second-order valence-corrected chi connectivity index (χ2v) is 3.88. The average Bonchev–Trinajstić information content (AvgIpc) is 2.78. The molecule has 1 N–H and O–H groups in total. The van der Waals surface area contributed by atoms with Crippen LogP contribution < -0.4 is 5.32 Å². The first-order valence-electron chi connectivity index (χ1n) is 5.26. The van der Waals surface area contributed by atoms with Crippen molar-refractivity contribution >= 4 is 17.3 Å². The molecule has 1 heterocycles. The van der Waals surface area contributed by atoms with Gasteiger partial charge in [-0.15, -0.1) is 0 Å². The van der Waals surface area contributed by atoms with Crippen LogP contribution in [0.3, 0.4) is 0 Å². The highest BCUT2D eigenvalue weighted by Gasteiger charge is 2.04. The summed E-state index contributed by atoms with van der Waals surface area (Å²) in [5.74, 6) is 0.372. The van der Waals surface area contributed by atoms with E-state index in [4.69, 9.17) is 11.6 Å². The predicted octanol–water partition coefficient (Wildman–Crippen LogP) is 2.70. The van der Waals surface area contributed by atoms with E-state index >= 15 is 0 Å². The average molecular weight is 255 g/mol. The number of aryl methyl sites for hydroxylation is 1. The van der Waals surface area contributed by atoms with E-state index in [1.54, 1.807) is 10.7 Å². The molecule has 0 aliphatic heterocycles. The Kier molecular flexibility index (Phi) is 3.58. The highest BCUT2D eigenvalue weighted by atomic mass is 35.5. The minimum atomic E-state index is -0.436. The second-order valence-electron chi connectivity index (χ2n) is 3.47. The van der Waals surface area contributed by atoms with E-state index in [0.29, 0.717) is 12.2 Å². The van der Waals surface area contributed by atoms with Gasteiger partial charge in [-0.1, -0.05) is 11.6 Å². The van der Waals surface area contributed by atoms with Crippen molar-refractivity contribution in [3.05, 3.63) is 41.2 Å². The topological polar surface area (TPSA) is 42.7 Å². The van der Waals surface area contributed by atoms with Gasteiger partial charge >= 0.3 is 0 Å². The van der Waals surface area contributed by atoms with Gasteiger partial charge in [0.2, 0.25) is 0 Å². The number of anilines is 1. The lowest BCUT2D eigenvalue weighted by molar-refractivity contribution is 0.620. The van der Waals surface area contributed by atoms with Gasteiger partial charge in [0.1, 0.15) is 18.0 Å². The molecule has 17 heavy (non-hydrogen) atoms. The fraction of sp³-hybridized carbons (Fsp3) is 0.273. The zero-order valence-corrected chi connectivity index (χ0v) is 10.1. The maximum absolute atomic E-state index is 13.2. The van der Waals surface area contributed by atoms with Crippen molar-refractivity contribution in [1.82, 2.24) is 14.8 Å². The Morgan fingerprint density at radius 1 is 1.47 bits per heavy atom. The van der Waals surface area contributed by atoms with Crippen molar-refractivity contribution < 1.29 is 4.39 Å².